The van der Waals surface area contributed by atoms with Gasteiger partial charge in [0.2, 0.25) is 5.91 Å². The third kappa shape index (κ3) is 5.12. The van der Waals surface area contributed by atoms with Crippen LogP contribution in [-0.4, -0.2) is 27.7 Å². The fourth-order valence-electron chi connectivity index (χ4n) is 2.51. The number of aromatic nitrogens is 2. The van der Waals surface area contributed by atoms with Gasteiger partial charge in [0.25, 0.3) is 0 Å². The van der Waals surface area contributed by atoms with E-state index in [1.807, 2.05) is 28.8 Å². The zero-order valence-electron chi connectivity index (χ0n) is 14.6. The molecule has 0 saturated heterocycles. The quantitative estimate of drug-likeness (QED) is 0.632. The molecule has 7 heteroatoms. The molecular weight excluding hydrogens is 366 g/mol. The lowest BCUT2D eigenvalue weighted by Gasteiger charge is -2.03. The molecule has 0 aliphatic heterocycles. The molecule has 0 aliphatic rings. The highest BCUT2D eigenvalue weighted by molar-refractivity contribution is 6.30. The van der Waals surface area contributed by atoms with Crippen molar-refractivity contribution in [1.29, 1.82) is 0 Å². The van der Waals surface area contributed by atoms with Crippen LogP contribution in [0.5, 0.6) is 11.5 Å². The number of hydrogen-bond donors (Lipinski definition) is 2. The molecule has 0 radical (unpaired) electrons. The molecule has 3 rings (SSSR count). The highest BCUT2D eigenvalue weighted by atomic mass is 35.5. The van der Waals surface area contributed by atoms with Crippen molar-refractivity contribution in [3.8, 4) is 11.5 Å². The second kappa shape index (κ2) is 8.42. The van der Waals surface area contributed by atoms with Gasteiger partial charge in [-0.1, -0.05) is 29.8 Å². The van der Waals surface area contributed by atoms with E-state index in [1.165, 1.54) is 19.3 Å². The number of benzene rings is 2. The molecule has 0 unspecified atom stereocenters. The first-order valence-electron chi connectivity index (χ1n) is 8.16. The molecule has 0 saturated carbocycles. The lowest BCUT2D eigenvalue weighted by atomic mass is 10.2. The number of phenolic OH excluding ortho intramolecular Hbond substituents is 1. The minimum atomic E-state index is -0.321. The van der Waals surface area contributed by atoms with Crippen molar-refractivity contribution in [1.82, 2.24) is 9.55 Å². The van der Waals surface area contributed by atoms with Gasteiger partial charge in [0.1, 0.15) is 0 Å². The Hall–Kier alpha value is -3.25. The Balaban J connectivity index is 1.59. The fourth-order valence-corrected chi connectivity index (χ4v) is 2.72. The lowest BCUT2D eigenvalue weighted by molar-refractivity contribution is -0.111. The molecular formula is C20H18ClN3O3. The summed E-state index contributed by atoms with van der Waals surface area (Å²) in [5.74, 6) is 0.518. The van der Waals surface area contributed by atoms with Gasteiger partial charge in [-0.05, 0) is 41.5 Å². The average molecular weight is 384 g/mol. The van der Waals surface area contributed by atoms with Crippen molar-refractivity contribution in [3.63, 3.8) is 0 Å². The van der Waals surface area contributed by atoms with E-state index in [0.717, 1.165) is 5.56 Å². The number of carbonyl (C=O) groups excluding carboxylic acids is 1. The van der Waals surface area contributed by atoms with Crippen molar-refractivity contribution in [2.24, 2.45) is 0 Å². The SMILES string of the molecule is COc1ccc(/C=C/C(=O)Nc2cn(Cc3cccc(Cl)c3)cn2)cc1O. The van der Waals surface area contributed by atoms with E-state index in [4.69, 9.17) is 16.3 Å². The first kappa shape index (κ1) is 18.5. The van der Waals surface area contributed by atoms with Crippen LogP contribution >= 0.6 is 11.6 Å². The topological polar surface area (TPSA) is 76.4 Å². The summed E-state index contributed by atoms with van der Waals surface area (Å²) in [6.45, 7) is 0.602. The van der Waals surface area contributed by atoms with Crippen LogP contribution in [0.3, 0.4) is 0 Å². The Morgan fingerprint density at radius 1 is 1.33 bits per heavy atom. The molecule has 0 aliphatic carbocycles. The van der Waals surface area contributed by atoms with Gasteiger partial charge in [-0.2, -0.15) is 0 Å². The summed E-state index contributed by atoms with van der Waals surface area (Å²) in [6.07, 6.45) is 6.35. The van der Waals surface area contributed by atoms with E-state index in [1.54, 1.807) is 30.7 Å². The third-order valence-corrected chi connectivity index (χ3v) is 4.00. The standard InChI is InChI=1S/C20H18ClN3O3/c1-27-18-7-5-14(10-17(18)25)6-8-20(26)23-19-12-24(13-22-19)11-15-3-2-4-16(21)9-15/h2-10,12-13,25H,11H2,1H3,(H,23,26)/b8-6+. The number of ether oxygens (including phenoxy) is 1. The Morgan fingerprint density at radius 3 is 2.93 bits per heavy atom. The summed E-state index contributed by atoms with van der Waals surface area (Å²) in [7, 11) is 1.48. The molecule has 1 heterocycles. The number of carbonyl (C=O) groups is 1. The van der Waals surface area contributed by atoms with E-state index < -0.39 is 0 Å². The van der Waals surface area contributed by atoms with Crippen LogP contribution in [0.2, 0.25) is 5.02 Å². The van der Waals surface area contributed by atoms with Gasteiger partial charge in [0.15, 0.2) is 17.3 Å². The number of methoxy groups -OCH3 is 1. The number of hydrogen-bond acceptors (Lipinski definition) is 4. The molecule has 2 aromatic carbocycles. The highest BCUT2D eigenvalue weighted by Crippen LogP contribution is 2.26. The van der Waals surface area contributed by atoms with E-state index in [2.05, 4.69) is 10.3 Å². The normalized spacial score (nSPS) is 10.9. The summed E-state index contributed by atoms with van der Waals surface area (Å²) in [5.41, 5.74) is 1.71. The van der Waals surface area contributed by atoms with Gasteiger partial charge in [0, 0.05) is 23.8 Å². The Labute approximate surface area is 161 Å². The van der Waals surface area contributed by atoms with Crippen molar-refractivity contribution in [2.75, 3.05) is 12.4 Å². The monoisotopic (exact) mass is 383 g/mol. The van der Waals surface area contributed by atoms with Crippen LogP contribution in [0.25, 0.3) is 6.08 Å². The van der Waals surface area contributed by atoms with E-state index in [9.17, 15) is 9.90 Å². The smallest absolute Gasteiger partial charge is 0.249 e. The predicted octanol–water partition coefficient (Wildman–Crippen LogP) is 3.95. The van der Waals surface area contributed by atoms with Gasteiger partial charge >= 0.3 is 0 Å². The van der Waals surface area contributed by atoms with Crippen molar-refractivity contribution < 1.29 is 14.6 Å². The van der Waals surface area contributed by atoms with Crippen molar-refractivity contribution in [2.45, 2.75) is 6.54 Å². The summed E-state index contributed by atoms with van der Waals surface area (Å²) in [5, 5.41) is 13.1. The van der Waals surface area contributed by atoms with E-state index in [-0.39, 0.29) is 11.7 Å². The van der Waals surface area contributed by atoms with Crippen molar-refractivity contribution >= 4 is 29.4 Å². The number of phenols is 1. The summed E-state index contributed by atoms with van der Waals surface area (Å²) in [4.78, 5) is 16.2. The highest BCUT2D eigenvalue weighted by Gasteiger charge is 2.04. The van der Waals surface area contributed by atoms with Gasteiger partial charge in [-0.15, -0.1) is 0 Å². The van der Waals surface area contributed by atoms with E-state index >= 15 is 0 Å². The van der Waals surface area contributed by atoms with Gasteiger partial charge < -0.3 is 19.7 Å². The lowest BCUT2D eigenvalue weighted by Crippen LogP contribution is -2.08. The molecule has 3 aromatic rings. The third-order valence-electron chi connectivity index (χ3n) is 3.77. The molecule has 6 nitrogen and oxygen atoms in total. The molecule has 0 bridgehead atoms. The minimum Gasteiger partial charge on any atom is -0.504 e. The number of aromatic hydroxyl groups is 1. The zero-order valence-corrected chi connectivity index (χ0v) is 15.3. The largest absolute Gasteiger partial charge is 0.504 e. The number of anilines is 1. The molecule has 138 valence electrons. The Bertz CT molecular complexity index is 982. The molecule has 1 amide bonds. The second-order valence-corrected chi connectivity index (χ2v) is 6.25. The van der Waals surface area contributed by atoms with Gasteiger partial charge in [-0.25, -0.2) is 4.98 Å². The summed E-state index contributed by atoms with van der Waals surface area (Å²) in [6, 6.07) is 12.4. The average Bonchev–Trinajstić information content (AvgIpc) is 3.07. The maximum absolute atomic E-state index is 12.1. The fraction of sp³-hybridized carbons (Fsp3) is 0.100. The molecule has 0 spiro atoms. The maximum atomic E-state index is 12.1. The molecule has 1 aromatic heterocycles. The zero-order chi connectivity index (χ0) is 19.2. The Morgan fingerprint density at radius 2 is 2.19 bits per heavy atom. The number of amides is 1. The van der Waals surface area contributed by atoms with Gasteiger partial charge in [-0.3, -0.25) is 4.79 Å². The van der Waals surface area contributed by atoms with Crippen LogP contribution in [-0.2, 0) is 11.3 Å². The second-order valence-electron chi connectivity index (χ2n) is 5.82. The first-order chi connectivity index (χ1) is 13.0. The minimum absolute atomic E-state index is 0.0137. The maximum Gasteiger partial charge on any atom is 0.249 e. The predicted molar refractivity (Wildman–Crippen MR) is 105 cm³/mol. The number of halogens is 1. The molecule has 0 atom stereocenters. The van der Waals surface area contributed by atoms with Crippen LogP contribution in [0.15, 0.2) is 61.1 Å². The summed E-state index contributed by atoms with van der Waals surface area (Å²) >= 11 is 5.98. The van der Waals surface area contributed by atoms with Crippen LogP contribution in [0.1, 0.15) is 11.1 Å². The molecule has 27 heavy (non-hydrogen) atoms. The molecule has 0 fully saturated rings. The van der Waals surface area contributed by atoms with Crippen LogP contribution in [0, 0.1) is 0 Å². The summed E-state index contributed by atoms with van der Waals surface area (Å²) < 4.78 is 6.84. The van der Waals surface area contributed by atoms with Crippen molar-refractivity contribution in [3.05, 3.63) is 77.2 Å². The Kier molecular flexibility index (Phi) is 5.78. The van der Waals surface area contributed by atoms with Gasteiger partial charge in [0.05, 0.1) is 13.4 Å². The first-order valence-corrected chi connectivity index (χ1v) is 8.53. The van der Waals surface area contributed by atoms with Crippen LogP contribution in [0.4, 0.5) is 5.82 Å². The number of rotatable bonds is 6. The number of nitrogens with zero attached hydrogens (tertiary/aromatic N) is 2. The molecule has 2 N–H and O–H groups in total. The number of nitrogens with one attached hydrogen (secondary N) is 1. The number of imidazole rings is 1. The van der Waals surface area contributed by atoms with Crippen LogP contribution < -0.4 is 10.1 Å². The van der Waals surface area contributed by atoms with E-state index in [0.29, 0.717) is 28.7 Å².